The van der Waals surface area contributed by atoms with Gasteiger partial charge in [-0.25, -0.2) is 4.39 Å². The number of rotatable bonds is 3. The van der Waals surface area contributed by atoms with Crippen LogP contribution in [-0.4, -0.2) is 17.6 Å². The number of carbonyl (C=O) groups is 1. The van der Waals surface area contributed by atoms with Crippen LogP contribution in [0.1, 0.15) is 15.9 Å². The molecule has 0 aliphatic heterocycles. The minimum atomic E-state index is -0.658. The molecule has 0 unspecified atom stereocenters. The van der Waals surface area contributed by atoms with Crippen LogP contribution in [0.25, 0.3) is 0 Å². The first-order valence-electron chi connectivity index (χ1n) is 3.84. The van der Waals surface area contributed by atoms with E-state index in [0.717, 1.165) is 6.07 Å². The standard InChI is InChI=1S/C9H10FNO2.ClH/c10-8-5-7(9(11)13)2-1-6(8)3-4-12;/h1-2,5,12H,3-4H2,(H2,11,13);1H. The predicted octanol–water partition coefficient (Wildman–Crippen LogP) is 0.881. The van der Waals surface area contributed by atoms with Gasteiger partial charge in [0, 0.05) is 12.2 Å². The lowest BCUT2D eigenvalue weighted by atomic mass is 10.1. The fourth-order valence-corrected chi connectivity index (χ4v) is 1.02. The summed E-state index contributed by atoms with van der Waals surface area (Å²) < 4.78 is 13.1. The molecular formula is C9H11ClFNO2. The Morgan fingerprint density at radius 1 is 1.50 bits per heavy atom. The molecule has 1 aromatic rings. The number of hydrogen-bond donors (Lipinski definition) is 2. The minimum Gasteiger partial charge on any atom is -0.396 e. The minimum absolute atomic E-state index is 0. The second-order valence-corrected chi connectivity index (χ2v) is 2.64. The Morgan fingerprint density at radius 2 is 2.14 bits per heavy atom. The van der Waals surface area contributed by atoms with Crippen molar-refractivity contribution in [2.24, 2.45) is 5.73 Å². The average Bonchev–Trinajstić information content (AvgIpc) is 2.08. The molecule has 3 N–H and O–H groups in total. The number of hydrogen-bond acceptors (Lipinski definition) is 2. The van der Waals surface area contributed by atoms with Crippen molar-refractivity contribution in [1.82, 2.24) is 0 Å². The maximum absolute atomic E-state index is 13.1. The van der Waals surface area contributed by atoms with E-state index in [4.69, 9.17) is 10.8 Å². The zero-order valence-electron chi connectivity index (χ0n) is 7.37. The van der Waals surface area contributed by atoms with E-state index in [2.05, 4.69) is 0 Å². The number of aliphatic hydroxyl groups excluding tert-OH is 1. The molecule has 0 saturated heterocycles. The number of benzene rings is 1. The first kappa shape index (κ1) is 12.9. The van der Waals surface area contributed by atoms with Crippen molar-refractivity contribution in [1.29, 1.82) is 0 Å². The molecule has 14 heavy (non-hydrogen) atoms. The largest absolute Gasteiger partial charge is 0.396 e. The summed E-state index contributed by atoms with van der Waals surface area (Å²) in [6, 6.07) is 3.97. The van der Waals surface area contributed by atoms with Gasteiger partial charge in [-0.15, -0.1) is 12.4 Å². The summed E-state index contributed by atoms with van der Waals surface area (Å²) >= 11 is 0. The van der Waals surface area contributed by atoms with E-state index in [0.29, 0.717) is 5.56 Å². The molecule has 0 spiro atoms. The first-order valence-corrected chi connectivity index (χ1v) is 3.84. The van der Waals surface area contributed by atoms with Gasteiger partial charge in [0.15, 0.2) is 0 Å². The fraction of sp³-hybridized carbons (Fsp3) is 0.222. The van der Waals surface area contributed by atoms with E-state index in [-0.39, 0.29) is 31.0 Å². The SMILES string of the molecule is Cl.NC(=O)c1ccc(CCO)c(F)c1. The van der Waals surface area contributed by atoms with Crippen molar-refractivity contribution in [2.45, 2.75) is 6.42 Å². The molecule has 0 saturated carbocycles. The van der Waals surface area contributed by atoms with E-state index in [9.17, 15) is 9.18 Å². The Balaban J connectivity index is 0.00000169. The van der Waals surface area contributed by atoms with Crippen molar-refractivity contribution in [2.75, 3.05) is 6.61 Å². The monoisotopic (exact) mass is 219 g/mol. The third-order valence-electron chi connectivity index (χ3n) is 1.72. The summed E-state index contributed by atoms with van der Waals surface area (Å²) in [5.41, 5.74) is 5.47. The summed E-state index contributed by atoms with van der Waals surface area (Å²) in [6.45, 7) is -0.118. The topological polar surface area (TPSA) is 63.3 Å². The van der Waals surface area contributed by atoms with Crippen molar-refractivity contribution in [3.05, 3.63) is 35.1 Å². The molecule has 0 bridgehead atoms. The maximum atomic E-state index is 13.1. The number of carbonyl (C=O) groups excluding carboxylic acids is 1. The third kappa shape index (κ3) is 2.97. The Kier molecular flexibility index (Phi) is 5.12. The summed E-state index contributed by atoms with van der Waals surface area (Å²) in [7, 11) is 0. The first-order chi connectivity index (χ1) is 6.15. The maximum Gasteiger partial charge on any atom is 0.248 e. The highest BCUT2D eigenvalue weighted by molar-refractivity contribution is 5.92. The highest BCUT2D eigenvalue weighted by Gasteiger charge is 2.05. The number of amides is 1. The number of nitrogens with two attached hydrogens (primary N) is 1. The van der Waals surface area contributed by atoms with Crippen LogP contribution >= 0.6 is 12.4 Å². The fourth-order valence-electron chi connectivity index (χ4n) is 1.02. The van der Waals surface area contributed by atoms with E-state index in [1.54, 1.807) is 0 Å². The van der Waals surface area contributed by atoms with Gasteiger partial charge in [0.1, 0.15) is 5.82 Å². The molecule has 0 radical (unpaired) electrons. The normalized spacial score (nSPS) is 9.29. The van der Waals surface area contributed by atoms with Crippen molar-refractivity contribution < 1.29 is 14.3 Å². The van der Waals surface area contributed by atoms with Crippen molar-refractivity contribution in [3.63, 3.8) is 0 Å². The lowest BCUT2D eigenvalue weighted by molar-refractivity contribution is 0.1000. The van der Waals surface area contributed by atoms with Crippen LogP contribution in [0.15, 0.2) is 18.2 Å². The molecule has 1 aromatic carbocycles. The second-order valence-electron chi connectivity index (χ2n) is 2.64. The molecule has 0 aliphatic carbocycles. The van der Waals surface area contributed by atoms with Gasteiger partial charge in [0.25, 0.3) is 0 Å². The van der Waals surface area contributed by atoms with Crippen LogP contribution in [0.3, 0.4) is 0 Å². The van der Waals surface area contributed by atoms with Crippen molar-refractivity contribution >= 4 is 18.3 Å². The molecule has 0 aromatic heterocycles. The smallest absolute Gasteiger partial charge is 0.248 e. The average molecular weight is 220 g/mol. The van der Waals surface area contributed by atoms with Gasteiger partial charge in [0.2, 0.25) is 5.91 Å². The third-order valence-corrected chi connectivity index (χ3v) is 1.72. The molecule has 0 heterocycles. The Morgan fingerprint density at radius 3 is 2.57 bits per heavy atom. The van der Waals surface area contributed by atoms with Gasteiger partial charge in [-0.2, -0.15) is 0 Å². The Bertz CT molecular complexity index is 331. The van der Waals surface area contributed by atoms with Gasteiger partial charge < -0.3 is 10.8 Å². The molecular weight excluding hydrogens is 209 g/mol. The molecule has 78 valence electrons. The highest BCUT2D eigenvalue weighted by Crippen LogP contribution is 2.10. The zero-order chi connectivity index (χ0) is 9.84. The number of aliphatic hydroxyl groups is 1. The molecule has 0 aliphatic rings. The molecule has 1 rings (SSSR count). The molecule has 3 nitrogen and oxygen atoms in total. The van der Waals surface area contributed by atoms with Crippen LogP contribution in [0.5, 0.6) is 0 Å². The predicted molar refractivity (Wildman–Crippen MR) is 53.0 cm³/mol. The number of halogens is 2. The highest BCUT2D eigenvalue weighted by atomic mass is 35.5. The van der Waals surface area contributed by atoms with Crippen molar-refractivity contribution in [3.8, 4) is 0 Å². The van der Waals surface area contributed by atoms with Crippen LogP contribution in [-0.2, 0) is 6.42 Å². The second kappa shape index (κ2) is 5.57. The van der Waals surface area contributed by atoms with Gasteiger partial charge in [-0.1, -0.05) is 6.07 Å². The van der Waals surface area contributed by atoms with E-state index >= 15 is 0 Å². The summed E-state index contributed by atoms with van der Waals surface area (Å²) in [5.74, 6) is -1.17. The summed E-state index contributed by atoms with van der Waals surface area (Å²) in [6.07, 6.45) is 0.241. The lowest BCUT2D eigenvalue weighted by Gasteiger charge is -2.01. The lowest BCUT2D eigenvalue weighted by Crippen LogP contribution is -2.11. The number of primary amides is 1. The molecule has 1 amide bonds. The summed E-state index contributed by atoms with van der Waals surface area (Å²) in [4.78, 5) is 10.6. The van der Waals surface area contributed by atoms with Crippen LogP contribution in [0.4, 0.5) is 4.39 Å². The summed E-state index contributed by atoms with van der Waals surface area (Å²) in [5, 5.41) is 8.56. The Hall–Kier alpha value is -1.13. The van der Waals surface area contributed by atoms with Gasteiger partial charge >= 0.3 is 0 Å². The molecule has 5 heteroatoms. The molecule has 0 atom stereocenters. The van der Waals surface area contributed by atoms with E-state index < -0.39 is 11.7 Å². The zero-order valence-corrected chi connectivity index (χ0v) is 8.18. The van der Waals surface area contributed by atoms with Gasteiger partial charge in [-0.3, -0.25) is 4.79 Å². The van der Waals surface area contributed by atoms with Gasteiger partial charge in [-0.05, 0) is 24.1 Å². The van der Waals surface area contributed by atoms with E-state index in [1.807, 2.05) is 0 Å². The van der Waals surface area contributed by atoms with Crippen LogP contribution in [0, 0.1) is 5.82 Å². The van der Waals surface area contributed by atoms with E-state index in [1.165, 1.54) is 12.1 Å². The van der Waals surface area contributed by atoms with Crippen LogP contribution in [0.2, 0.25) is 0 Å². The van der Waals surface area contributed by atoms with Gasteiger partial charge in [0.05, 0.1) is 0 Å². The molecule has 0 fully saturated rings. The quantitative estimate of drug-likeness (QED) is 0.793. The Labute approximate surface area is 87.1 Å². The van der Waals surface area contributed by atoms with Crippen LogP contribution < -0.4 is 5.73 Å².